The predicted molar refractivity (Wildman–Crippen MR) is 117 cm³/mol. The molecule has 7 heteroatoms. The van der Waals surface area contributed by atoms with Gasteiger partial charge in [0.15, 0.2) is 0 Å². The molecule has 2 unspecified atom stereocenters. The van der Waals surface area contributed by atoms with Crippen molar-refractivity contribution in [2.45, 2.75) is 33.0 Å². The number of benzene rings is 1. The molecule has 4 rings (SSSR count). The molecule has 0 aliphatic carbocycles. The quantitative estimate of drug-likeness (QED) is 0.694. The summed E-state index contributed by atoms with van der Waals surface area (Å²) in [5.41, 5.74) is 2.32. The van der Waals surface area contributed by atoms with Crippen LogP contribution in [0.5, 0.6) is 0 Å². The predicted octanol–water partition coefficient (Wildman–Crippen LogP) is 4.38. The van der Waals surface area contributed by atoms with Crippen LogP contribution in [0.15, 0.2) is 48.7 Å². The first-order chi connectivity index (χ1) is 14.0. The molecule has 1 aliphatic rings. The number of aromatic nitrogens is 2. The van der Waals surface area contributed by atoms with Crippen molar-refractivity contribution in [1.82, 2.24) is 9.97 Å². The highest BCUT2D eigenvalue weighted by atomic mass is 32.1. The number of pyridine rings is 1. The van der Waals surface area contributed by atoms with Gasteiger partial charge in [-0.2, -0.15) is 0 Å². The van der Waals surface area contributed by atoms with Gasteiger partial charge in [0.1, 0.15) is 10.7 Å². The van der Waals surface area contributed by atoms with E-state index in [1.807, 2.05) is 49.4 Å². The Morgan fingerprint density at radius 3 is 2.52 bits per heavy atom. The molecule has 1 N–H and O–H groups in total. The number of nitrogens with zero attached hydrogens (tertiary/aromatic N) is 3. The molecule has 1 aromatic carbocycles. The van der Waals surface area contributed by atoms with Crippen molar-refractivity contribution in [3.8, 4) is 11.3 Å². The van der Waals surface area contributed by atoms with E-state index in [2.05, 4.69) is 34.0 Å². The maximum atomic E-state index is 12.9. The van der Waals surface area contributed by atoms with E-state index in [1.54, 1.807) is 6.20 Å². The number of thiazole rings is 1. The molecular formula is C22H24N4O2S. The SMILES string of the molecule is Cc1nc(-c2ccccc2)c(C(=O)Nc2ccc(N3CC(C)OC(C)C3)nc2)s1. The van der Waals surface area contributed by atoms with Crippen LogP contribution in [0.3, 0.4) is 0 Å². The summed E-state index contributed by atoms with van der Waals surface area (Å²) in [5.74, 6) is 0.723. The molecule has 0 bridgehead atoms. The molecule has 1 fully saturated rings. The fourth-order valence-corrected chi connectivity index (χ4v) is 4.41. The van der Waals surface area contributed by atoms with Crippen molar-refractivity contribution in [2.75, 3.05) is 23.3 Å². The molecule has 3 heterocycles. The lowest BCUT2D eigenvalue weighted by Gasteiger charge is -2.36. The van der Waals surface area contributed by atoms with E-state index in [4.69, 9.17) is 4.74 Å². The van der Waals surface area contributed by atoms with Gasteiger partial charge in [0.05, 0.1) is 34.8 Å². The zero-order valence-electron chi connectivity index (χ0n) is 16.8. The van der Waals surface area contributed by atoms with Crippen LogP contribution in [-0.2, 0) is 4.74 Å². The Morgan fingerprint density at radius 1 is 1.14 bits per heavy atom. The number of rotatable bonds is 4. The van der Waals surface area contributed by atoms with Crippen molar-refractivity contribution >= 4 is 28.7 Å². The molecule has 2 aromatic heterocycles. The number of amides is 1. The number of ether oxygens (including phenoxy) is 1. The molecule has 0 radical (unpaired) electrons. The third kappa shape index (κ3) is 4.46. The van der Waals surface area contributed by atoms with Gasteiger partial charge in [0.2, 0.25) is 0 Å². The maximum Gasteiger partial charge on any atom is 0.268 e. The Balaban J connectivity index is 1.50. The summed E-state index contributed by atoms with van der Waals surface area (Å²) < 4.78 is 5.78. The van der Waals surface area contributed by atoms with Crippen LogP contribution >= 0.6 is 11.3 Å². The van der Waals surface area contributed by atoms with Gasteiger partial charge in [-0.3, -0.25) is 4.79 Å². The molecule has 3 aromatic rings. The van der Waals surface area contributed by atoms with Gasteiger partial charge < -0.3 is 15.0 Å². The first-order valence-corrected chi connectivity index (χ1v) is 10.5. The smallest absolute Gasteiger partial charge is 0.268 e. The van der Waals surface area contributed by atoms with Gasteiger partial charge in [-0.25, -0.2) is 9.97 Å². The van der Waals surface area contributed by atoms with E-state index >= 15 is 0 Å². The molecule has 2 atom stereocenters. The number of carbonyl (C=O) groups is 1. The number of morpholine rings is 1. The molecule has 29 heavy (non-hydrogen) atoms. The molecule has 1 aliphatic heterocycles. The van der Waals surface area contributed by atoms with Crippen LogP contribution in [-0.4, -0.2) is 41.2 Å². The van der Waals surface area contributed by atoms with Gasteiger partial charge in [0, 0.05) is 18.7 Å². The molecule has 0 saturated carbocycles. The van der Waals surface area contributed by atoms with Crippen molar-refractivity contribution < 1.29 is 9.53 Å². The summed E-state index contributed by atoms with van der Waals surface area (Å²) in [5, 5.41) is 3.81. The van der Waals surface area contributed by atoms with Crippen molar-refractivity contribution in [2.24, 2.45) is 0 Å². The Bertz CT molecular complexity index is 978. The fourth-order valence-electron chi connectivity index (χ4n) is 3.57. The van der Waals surface area contributed by atoms with E-state index in [-0.39, 0.29) is 18.1 Å². The standard InChI is InChI=1S/C22H24N4O2S/c1-14-12-26(13-15(2)28-14)19-10-9-18(11-23-19)25-22(27)21-20(24-16(3)29-21)17-7-5-4-6-8-17/h4-11,14-15H,12-13H2,1-3H3,(H,25,27). The molecule has 150 valence electrons. The molecule has 1 amide bonds. The molecular weight excluding hydrogens is 384 g/mol. The molecule has 0 spiro atoms. The normalized spacial score (nSPS) is 19.2. The Hall–Kier alpha value is -2.77. The number of hydrogen-bond acceptors (Lipinski definition) is 6. The lowest BCUT2D eigenvalue weighted by atomic mass is 10.1. The van der Waals surface area contributed by atoms with Crippen LogP contribution in [0.2, 0.25) is 0 Å². The minimum atomic E-state index is -0.169. The second-order valence-electron chi connectivity index (χ2n) is 7.30. The lowest BCUT2D eigenvalue weighted by molar-refractivity contribution is -0.00545. The number of aryl methyl sites for hydroxylation is 1. The monoisotopic (exact) mass is 408 g/mol. The summed E-state index contributed by atoms with van der Waals surface area (Å²) >= 11 is 1.40. The Morgan fingerprint density at radius 2 is 1.86 bits per heavy atom. The van der Waals surface area contributed by atoms with Crippen LogP contribution in [0.25, 0.3) is 11.3 Å². The summed E-state index contributed by atoms with van der Waals surface area (Å²) in [4.78, 5) is 24.8. The highest BCUT2D eigenvalue weighted by molar-refractivity contribution is 7.14. The zero-order chi connectivity index (χ0) is 20.4. The largest absolute Gasteiger partial charge is 0.372 e. The first kappa shape index (κ1) is 19.5. The second-order valence-corrected chi connectivity index (χ2v) is 8.50. The number of hydrogen-bond donors (Lipinski definition) is 1. The Kier molecular flexibility index (Phi) is 5.60. The van der Waals surface area contributed by atoms with Gasteiger partial charge in [-0.05, 0) is 32.9 Å². The van der Waals surface area contributed by atoms with Gasteiger partial charge >= 0.3 is 0 Å². The molecule has 6 nitrogen and oxygen atoms in total. The maximum absolute atomic E-state index is 12.9. The average molecular weight is 409 g/mol. The van der Waals surface area contributed by atoms with Gasteiger partial charge in [-0.15, -0.1) is 11.3 Å². The minimum absolute atomic E-state index is 0.169. The van der Waals surface area contributed by atoms with Crippen molar-refractivity contribution in [3.63, 3.8) is 0 Å². The topological polar surface area (TPSA) is 67.4 Å². The zero-order valence-corrected chi connectivity index (χ0v) is 17.6. The number of nitrogens with one attached hydrogen (secondary N) is 1. The third-order valence-corrected chi connectivity index (χ3v) is 5.71. The third-order valence-electron chi connectivity index (χ3n) is 4.74. The summed E-state index contributed by atoms with van der Waals surface area (Å²) in [6, 6.07) is 13.6. The summed E-state index contributed by atoms with van der Waals surface area (Å²) in [6.07, 6.45) is 2.05. The van der Waals surface area contributed by atoms with Gasteiger partial charge in [-0.1, -0.05) is 30.3 Å². The fraction of sp³-hybridized carbons (Fsp3) is 0.318. The molecule has 1 saturated heterocycles. The lowest BCUT2D eigenvalue weighted by Crippen LogP contribution is -2.45. The van der Waals surface area contributed by atoms with Crippen molar-refractivity contribution in [3.05, 3.63) is 58.5 Å². The first-order valence-electron chi connectivity index (χ1n) is 9.70. The Labute approximate surface area is 174 Å². The highest BCUT2D eigenvalue weighted by Gasteiger charge is 2.23. The van der Waals surface area contributed by atoms with E-state index in [0.717, 1.165) is 29.5 Å². The van der Waals surface area contributed by atoms with Gasteiger partial charge in [0.25, 0.3) is 5.91 Å². The van der Waals surface area contributed by atoms with E-state index in [1.165, 1.54) is 11.3 Å². The average Bonchev–Trinajstić information content (AvgIpc) is 3.10. The van der Waals surface area contributed by atoms with E-state index in [9.17, 15) is 4.79 Å². The number of anilines is 2. The van der Waals surface area contributed by atoms with Crippen LogP contribution < -0.4 is 10.2 Å². The van der Waals surface area contributed by atoms with Crippen LogP contribution in [0.4, 0.5) is 11.5 Å². The number of carbonyl (C=O) groups excluding carboxylic acids is 1. The van der Waals surface area contributed by atoms with Crippen molar-refractivity contribution in [1.29, 1.82) is 0 Å². The highest BCUT2D eigenvalue weighted by Crippen LogP contribution is 2.29. The van der Waals surface area contributed by atoms with Crippen LogP contribution in [0.1, 0.15) is 28.5 Å². The van der Waals surface area contributed by atoms with E-state index < -0.39 is 0 Å². The minimum Gasteiger partial charge on any atom is -0.372 e. The van der Waals surface area contributed by atoms with Crippen LogP contribution in [0, 0.1) is 6.92 Å². The second kappa shape index (κ2) is 8.31. The summed E-state index contributed by atoms with van der Waals surface area (Å²) in [6.45, 7) is 7.67. The van der Waals surface area contributed by atoms with E-state index in [0.29, 0.717) is 16.3 Å². The summed E-state index contributed by atoms with van der Waals surface area (Å²) in [7, 11) is 0.